The summed E-state index contributed by atoms with van der Waals surface area (Å²) in [6.45, 7) is 4.55. The summed E-state index contributed by atoms with van der Waals surface area (Å²) in [4.78, 5) is 4.23. The Morgan fingerprint density at radius 3 is 2.48 bits per heavy atom. The highest BCUT2D eigenvalue weighted by Gasteiger charge is 2.13. The molecule has 132 valence electrons. The fourth-order valence-electron chi connectivity index (χ4n) is 2.34. The maximum Gasteiger partial charge on any atom is 0.201 e. The van der Waals surface area contributed by atoms with Gasteiger partial charge in [-0.3, -0.25) is 0 Å². The smallest absolute Gasteiger partial charge is 0.201 e. The highest BCUT2D eigenvalue weighted by atomic mass is 19.2. The van der Waals surface area contributed by atoms with Gasteiger partial charge in [0.15, 0.2) is 11.6 Å². The number of aryl methyl sites for hydroxylation is 1. The van der Waals surface area contributed by atoms with Crippen LogP contribution in [0.15, 0.2) is 30.5 Å². The predicted molar refractivity (Wildman–Crippen MR) is 95.6 cm³/mol. The summed E-state index contributed by atoms with van der Waals surface area (Å²) in [5.74, 6) is 3.37. The van der Waals surface area contributed by atoms with Gasteiger partial charge < -0.3 is 4.74 Å². The van der Waals surface area contributed by atoms with Gasteiger partial charge in [-0.1, -0.05) is 45.1 Å². The van der Waals surface area contributed by atoms with E-state index in [1.54, 1.807) is 12.3 Å². The Morgan fingerprint density at radius 1 is 0.960 bits per heavy atom. The lowest BCUT2D eigenvalue weighted by Gasteiger charge is -2.08. The molecule has 1 aromatic carbocycles. The van der Waals surface area contributed by atoms with Crippen molar-refractivity contribution in [2.24, 2.45) is 0 Å². The van der Waals surface area contributed by atoms with Gasteiger partial charge in [-0.05, 0) is 42.5 Å². The van der Waals surface area contributed by atoms with Crippen molar-refractivity contribution in [1.82, 2.24) is 4.98 Å². The van der Waals surface area contributed by atoms with Gasteiger partial charge >= 0.3 is 0 Å². The van der Waals surface area contributed by atoms with Crippen LogP contribution in [0.1, 0.15) is 56.4 Å². The SMILES string of the molecule is CCCCCOc1ccc(C#Cc2ccc(CCC)cn2)c(F)c1F. The topological polar surface area (TPSA) is 22.1 Å². The molecular weight excluding hydrogens is 320 g/mol. The normalized spacial score (nSPS) is 10.2. The van der Waals surface area contributed by atoms with Gasteiger partial charge in [-0.25, -0.2) is 9.37 Å². The first-order valence-electron chi connectivity index (χ1n) is 8.73. The molecule has 2 aromatic rings. The summed E-state index contributed by atoms with van der Waals surface area (Å²) in [6, 6.07) is 6.60. The first-order valence-corrected chi connectivity index (χ1v) is 8.73. The molecule has 0 aliphatic carbocycles. The Hall–Kier alpha value is -2.41. The van der Waals surface area contributed by atoms with Crippen LogP contribution < -0.4 is 4.74 Å². The summed E-state index contributed by atoms with van der Waals surface area (Å²) in [7, 11) is 0. The number of rotatable bonds is 7. The molecule has 0 unspecified atom stereocenters. The quantitative estimate of drug-likeness (QED) is 0.504. The first kappa shape index (κ1) is 18.9. The Morgan fingerprint density at radius 2 is 1.80 bits per heavy atom. The number of hydrogen-bond donors (Lipinski definition) is 0. The van der Waals surface area contributed by atoms with Crippen molar-refractivity contribution in [2.75, 3.05) is 6.61 Å². The van der Waals surface area contributed by atoms with Crippen LogP contribution in [0.5, 0.6) is 5.75 Å². The van der Waals surface area contributed by atoms with Gasteiger partial charge in [0.05, 0.1) is 12.2 Å². The van der Waals surface area contributed by atoms with E-state index in [-0.39, 0.29) is 11.3 Å². The van der Waals surface area contributed by atoms with E-state index < -0.39 is 11.6 Å². The highest BCUT2D eigenvalue weighted by molar-refractivity contribution is 5.44. The van der Waals surface area contributed by atoms with Crippen LogP contribution >= 0.6 is 0 Å². The van der Waals surface area contributed by atoms with Crippen molar-refractivity contribution in [3.8, 4) is 17.6 Å². The fraction of sp³-hybridized carbons (Fsp3) is 0.381. The van der Waals surface area contributed by atoms with Gasteiger partial charge in [-0.2, -0.15) is 4.39 Å². The van der Waals surface area contributed by atoms with Crippen molar-refractivity contribution in [2.45, 2.75) is 46.0 Å². The van der Waals surface area contributed by atoms with Crippen LogP contribution in [-0.4, -0.2) is 11.6 Å². The van der Waals surface area contributed by atoms with Gasteiger partial charge in [0.2, 0.25) is 5.82 Å². The summed E-state index contributed by atoms with van der Waals surface area (Å²) in [6.07, 6.45) is 6.63. The molecule has 0 bridgehead atoms. The zero-order chi connectivity index (χ0) is 18.1. The molecule has 0 spiro atoms. The van der Waals surface area contributed by atoms with Gasteiger partial charge in [0.1, 0.15) is 5.69 Å². The van der Waals surface area contributed by atoms with Crippen molar-refractivity contribution in [3.05, 3.63) is 58.9 Å². The van der Waals surface area contributed by atoms with Crippen LogP contribution in [0.3, 0.4) is 0 Å². The molecule has 0 amide bonds. The third-order valence-electron chi connectivity index (χ3n) is 3.74. The van der Waals surface area contributed by atoms with Crippen molar-refractivity contribution in [3.63, 3.8) is 0 Å². The second-order valence-corrected chi connectivity index (χ2v) is 5.85. The number of halogens is 2. The van der Waals surface area contributed by atoms with Crippen LogP contribution in [0.4, 0.5) is 8.78 Å². The number of benzene rings is 1. The number of ether oxygens (including phenoxy) is 1. The van der Waals surface area contributed by atoms with Crippen LogP contribution in [0.25, 0.3) is 0 Å². The molecule has 1 heterocycles. The molecule has 0 aliphatic heterocycles. The number of pyridine rings is 1. The molecule has 25 heavy (non-hydrogen) atoms. The van der Waals surface area contributed by atoms with Crippen LogP contribution in [-0.2, 0) is 6.42 Å². The number of hydrogen-bond acceptors (Lipinski definition) is 2. The van der Waals surface area contributed by atoms with E-state index in [4.69, 9.17) is 4.74 Å². The maximum atomic E-state index is 14.1. The number of nitrogens with zero attached hydrogens (tertiary/aromatic N) is 1. The molecule has 0 saturated carbocycles. The maximum absolute atomic E-state index is 14.1. The minimum absolute atomic E-state index is 0.00200. The second kappa shape index (κ2) is 9.78. The van der Waals surface area contributed by atoms with Gasteiger partial charge in [0.25, 0.3) is 0 Å². The Labute approximate surface area is 148 Å². The molecule has 2 nitrogen and oxygen atoms in total. The predicted octanol–water partition coefficient (Wildman–Crippen LogP) is 5.28. The van der Waals surface area contributed by atoms with E-state index in [2.05, 4.69) is 30.7 Å². The molecule has 1 aromatic heterocycles. The van der Waals surface area contributed by atoms with E-state index in [0.29, 0.717) is 12.3 Å². The Kier molecular flexibility index (Phi) is 7.40. The number of unbranched alkanes of at least 4 members (excludes halogenated alkanes) is 2. The largest absolute Gasteiger partial charge is 0.490 e. The average Bonchev–Trinajstić information content (AvgIpc) is 2.63. The lowest BCUT2D eigenvalue weighted by molar-refractivity contribution is 0.286. The zero-order valence-electron chi connectivity index (χ0n) is 14.7. The van der Waals surface area contributed by atoms with E-state index in [9.17, 15) is 8.78 Å². The van der Waals surface area contributed by atoms with E-state index in [1.807, 2.05) is 6.07 Å². The zero-order valence-corrected chi connectivity index (χ0v) is 14.7. The molecule has 0 N–H and O–H groups in total. The van der Waals surface area contributed by atoms with Gasteiger partial charge in [-0.15, -0.1) is 0 Å². The highest BCUT2D eigenvalue weighted by Crippen LogP contribution is 2.22. The lowest BCUT2D eigenvalue weighted by Crippen LogP contribution is -2.01. The third-order valence-corrected chi connectivity index (χ3v) is 3.74. The average molecular weight is 343 g/mol. The van der Waals surface area contributed by atoms with Crippen molar-refractivity contribution < 1.29 is 13.5 Å². The van der Waals surface area contributed by atoms with Gasteiger partial charge in [0, 0.05) is 6.20 Å². The van der Waals surface area contributed by atoms with E-state index in [1.165, 1.54) is 12.1 Å². The molecule has 2 rings (SSSR count). The van der Waals surface area contributed by atoms with Crippen LogP contribution in [0.2, 0.25) is 0 Å². The third kappa shape index (κ3) is 5.56. The minimum Gasteiger partial charge on any atom is -0.490 e. The molecule has 0 fully saturated rings. The summed E-state index contributed by atoms with van der Waals surface area (Å²) in [5.41, 5.74) is 1.66. The molecule has 0 aliphatic rings. The summed E-state index contributed by atoms with van der Waals surface area (Å²) < 4.78 is 33.5. The van der Waals surface area contributed by atoms with Crippen molar-refractivity contribution in [1.29, 1.82) is 0 Å². The monoisotopic (exact) mass is 343 g/mol. The lowest BCUT2D eigenvalue weighted by atomic mass is 10.1. The molecule has 0 saturated heterocycles. The minimum atomic E-state index is -0.991. The Bertz CT molecular complexity index is 745. The molecule has 0 atom stereocenters. The molecule has 4 heteroatoms. The summed E-state index contributed by atoms with van der Waals surface area (Å²) in [5, 5.41) is 0. The second-order valence-electron chi connectivity index (χ2n) is 5.85. The molecular formula is C21H23F2NO. The molecule has 0 radical (unpaired) electrons. The first-order chi connectivity index (χ1) is 12.2. The number of aromatic nitrogens is 1. The summed E-state index contributed by atoms with van der Waals surface area (Å²) >= 11 is 0. The fourth-order valence-corrected chi connectivity index (χ4v) is 2.34. The Balaban J connectivity index is 2.09. The van der Waals surface area contributed by atoms with Crippen LogP contribution in [0, 0.1) is 23.5 Å². The van der Waals surface area contributed by atoms with E-state index in [0.717, 1.165) is 37.7 Å². The van der Waals surface area contributed by atoms with Crippen molar-refractivity contribution >= 4 is 0 Å². The standard InChI is InChI=1S/C21H23F2NO/c1-3-5-6-14-25-19-13-10-17(20(22)21(19)23)9-12-18-11-8-16(7-4-2)15-24-18/h8,10-11,13,15H,3-7,14H2,1-2H3. The van der Waals surface area contributed by atoms with E-state index >= 15 is 0 Å².